The minimum atomic E-state index is -3.02. The van der Waals surface area contributed by atoms with Gasteiger partial charge in [0.1, 0.15) is 11.6 Å². The standard InChI is InChI=1S/C10H8ClF3O2/c11-5-8(15)4-6-3-7(12)1-2-9(6)16-10(13)14/h1-3,10H,4-5H2. The van der Waals surface area contributed by atoms with E-state index in [0.717, 1.165) is 18.2 Å². The summed E-state index contributed by atoms with van der Waals surface area (Å²) in [4.78, 5) is 11.0. The molecule has 0 unspecified atom stereocenters. The van der Waals surface area contributed by atoms with Gasteiger partial charge >= 0.3 is 6.61 Å². The lowest BCUT2D eigenvalue weighted by molar-refractivity contribution is -0.116. The molecule has 0 saturated heterocycles. The van der Waals surface area contributed by atoms with E-state index in [1.807, 2.05) is 0 Å². The molecule has 16 heavy (non-hydrogen) atoms. The van der Waals surface area contributed by atoms with Gasteiger partial charge in [-0.3, -0.25) is 4.79 Å². The quantitative estimate of drug-likeness (QED) is 0.753. The first-order valence-corrected chi connectivity index (χ1v) is 4.87. The zero-order valence-corrected chi connectivity index (χ0v) is 8.81. The lowest BCUT2D eigenvalue weighted by Gasteiger charge is -2.09. The highest BCUT2D eigenvalue weighted by molar-refractivity contribution is 6.27. The highest BCUT2D eigenvalue weighted by Crippen LogP contribution is 2.22. The molecule has 0 aliphatic rings. The predicted octanol–water partition coefficient (Wildman–Crippen LogP) is 2.78. The van der Waals surface area contributed by atoms with Gasteiger partial charge in [-0.05, 0) is 18.2 Å². The van der Waals surface area contributed by atoms with Crippen molar-refractivity contribution in [3.8, 4) is 5.75 Å². The van der Waals surface area contributed by atoms with Crippen molar-refractivity contribution in [1.82, 2.24) is 0 Å². The lowest BCUT2D eigenvalue weighted by Crippen LogP contribution is -2.09. The average Bonchev–Trinajstić information content (AvgIpc) is 2.21. The summed E-state index contributed by atoms with van der Waals surface area (Å²) in [5, 5.41) is 0. The molecule has 1 rings (SSSR count). The molecule has 0 aromatic heterocycles. The van der Waals surface area contributed by atoms with E-state index >= 15 is 0 Å². The Morgan fingerprint density at radius 2 is 2.12 bits per heavy atom. The van der Waals surface area contributed by atoms with Crippen molar-refractivity contribution < 1.29 is 22.7 Å². The van der Waals surface area contributed by atoms with E-state index < -0.39 is 18.2 Å². The summed E-state index contributed by atoms with van der Waals surface area (Å²) in [5.74, 6) is -1.50. The van der Waals surface area contributed by atoms with Crippen molar-refractivity contribution in [1.29, 1.82) is 0 Å². The van der Waals surface area contributed by atoms with Crippen LogP contribution in [-0.2, 0) is 11.2 Å². The molecule has 0 heterocycles. The van der Waals surface area contributed by atoms with E-state index in [0.29, 0.717) is 0 Å². The van der Waals surface area contributed by atoms with Gasteiger partial charge in [-0.25, -0.2) is 4.39 Å². The molecule has 0 N–H and O–H groups in total. The van der Waals surface area contributed by atoms with Gasteiger partial charge in [-0.1, -0.05) is 0 Å². The Bertz CT molecular complexity index is 382. The largest absolute Gasteiger partial charge is 0.435 e. The van der Waals surface area contributed by atoms with Crippen molar-refractivity contribution in [2.45, 2.75) is 13.0 Å². The second-order valence-electron chi connectivity index (χ2n) is 2.98. The van der Waals surface area contributed by atoms with Crippen LogP contribution >= 0.6 is 11.6 Å². The van der Waals surface area contributed by atoms with Gasteiger partial charge in [0.2, 0.25) is 0 Å². The van der Waals surface area contributed by atoms with Crippen LogP contribution < -0.4 is 4.74 Å². The van der Waals surface area contributed by atoms with E-state index in [4.69, 9.17) is 11.6 Å². The van der Waals surface area contributed by atoms with Crippen molar-refractivity contribution in [2.75, 3.05) is 5.88 Å². The molecule has 0 aliphatic heterocycles. The van der Waals surface area contributed by atoms with E-state index in [1.165, 1.54) is 0 Å². The fraction of sp³-hybridized carbons (Fsp3) is 0.300. The number of halogens is 4. The molecule has 1 aromatic carbocycles. The summed E-state index contributed by atoms with van der Waals surface area (Å²) in [6.45, 7) is -3.02. The molecule has 0 amide bonds. The van der Waals surface area contributed by atoms with E-state index in [-0.39, 0.29) is 23.6 Å². The van der Waals surface area contributed by atoms with E-state index in [9.17, 15) is 18.0 Å². The van der Waals surface area contributed by atoms with Crippen molar-refractivity contribution in [2.24, 2.45) is 0 Å². The Morgan fingerprint density at radius 3 is 2.69 bits per heavy atom. The molecule has 0 aliphatic carbocycles. The molecule has 0 spiro atoms. The number of ether oxygens (including phenoxy) is 1. The first kappa shape index (κ1) is 12.8. The number of benzene rings is 1. The summed E-state index contributed by atoms with van der Waals surface area (Å²) in [6.07, 6.45) is -0.233. The summed E-state index contributed by atoms with van der Waals surface area (Å²) in [5.41, 5.74) is 0.0611. The first-order chi connectivity index (χ1) is 7.52. The SMILES string of the molecule is O=C(CCl)Cc1cc(F)ccc1OC(F)F. The van der Waals surface area contributed by atoms with Crippen LogP contribution in [0.15, 0.2) is 18.2 Å². The number of rotatable bonds is 5. The monoisotopic (exact) mass is 252 g/mol. The Labute approximate surface area is 95.0 Å². The summed E-state index contributed by atoms with van der Waals surface area (Å²) in [6, 6.07) is 3.01. The van der Waals surface area contributed by atoms with Crippen molar-refractivity contribution in [3.63, 3.8) is 0 Å². The van der Waals surface area contributed by atoms with Crippen LogP contribution in [0, 0.1) is 5.82 Å². The predicted molar refractivity (Wildman–Crippen MR) is 52.5 cm³/mol. The average molecular weight is 253 g/mol. The van der Waals surface area contributed by atoms with Gasteiger partial charge in [0.15, 0.2) is 5.78 Å². The number of Topliss-reactive ketones (excluding diaryl/α,β-unsaturated/α-hetero) is 1. The van der Waals surface area contributed by atoms with Crippen LogP contribution in [0.5, 0.6) is 5.75 Å². The van der Waals surface area contributed by atoms with Crippen molar-refractivity contribution >= 4 is 17.4 Å². The third-order valence-electron chi connectivity index (χ3n) is 1.78. The smallest absolute Gasteiger partial charge is 0.387 e. The highest BCUT2D eigenvalue weighted by Gasteiger charge is 2.13. The molecule has 0 radical (unpaired) electrons. The fourth-order valence-corrected chi connectivity index (χ4v) is 1.25. The van der Waals surface area contributed by atoms with Crippen LogP contribution in [-0.4, -0.2) is 18.3 Å². The zero-order chi connectivity index (χ0) is 12.1. The lowest BCUT2D eigenvalue weighted by atomic mass is 10.1. The van der Waals surface area contributed by atoms with Crippen LogP contribution in [0.1, 0.15) is 5.56 Å². The Morgan fingerprint density at radius 1 is 1.44 bits per heavy atom. The summed E-state index contributed by atoms with van der Waals surface area (Å²) >= 11 is 5.27. The van der Waals surface area contributed by atoms with Gasteiger partial charge in [0.25, 0.3) is 0 Å². The molecule has 0 bridgehead atoms. The number of alkyl halides is 3. The van der Waals surface area contributed by atoms with Gasteiger partial charge in [0, 0.05) is 12.0 Å². The Balaban J connectivity index is 2.93. The molecular weight excluding hydrogens is 245 g/mol. The van der Waals surface area contributed by atoms with Gasteiger partial charge < -0.3 is 4.74 Å². The first-order valence-electron chi connectivity index (χ1n) is 4.34. The summed E-state index contributed by atoms with van der Waals surface area (Å²) < 4.78 is 41.0. The number of carbonyl (C=O) groups is 1. The molecule has 0 saturated carbocycles. The number of hydrogen-bond donors (Lipinski definition) is 0. The molecule has 6 heteroatoms. The number of carbonyl (C=O) groups excluding carboxylic acids is 1. The Hall–Kier alpha value is -1.23. The maximum atomic E-state index is 12.9. The molecule has 0 atom stereocenters. The van der Waals surface area contributed by atoms with Crippen LogP contribution in [0.4, 0.5) is 13.2 Å². The Kier molecular flexibility index (Phi) is 4.61. The molecular formula is C10H8ClF3O2. The van der Waals surface area contributed by atoms with E-state index in [2.05, 4.69) is 4.74 Å². The molecule has 88 valence electrons. The summed E-state index contributed by atoms with van der Waals surface area (Å²) in [7, 11) is 0. The van der Waals surface area contributed by atoms with Gasteiger partial charge in [-0.15, -0.1) is 11.6 Å². The van der Waals surface area contributed by atoms with Crippen LogP contribution in [0.2, 0.25) is 0 Å². The minimum Gasteiger partial charge on any atom is -0.435 e. The van der Waals surface area contributed by atoms with Gasteiger partial charge in [0.05, 0.1) is 5.88 Å². The highest BCUT2D eigenvalue weighted by atomic mass is 35.5. The minimum absolute atomic E-state index is 0.0611. The second kappa shape index (κ2) is 5.75. The fourth-order valence-electron chi connectivity index (χ4n) is 1.16. The van der Waals surface area contributed by atoms with Crippen LogP contribution in [0.25, 0.3) is 0 Å². The maximum Gasteiger partial charge on any atom is 0.387 e. The normalized spacial score (nSPS) is 10.6. The molecule has 1 aromatic rings. The number of ketones is 1. The van der Waals surface area contributed by atoms with Crippen LogP contribution in [0.3, 0.4) is 0 Å². The topological polar surface area (TPSA) is 26.3 Å². The number of hydrogen-bond acceptors (Lipinski definition) is 2. The van der Waals surface area contributed by atoms with Gasteiger partial charge in [-0.2, -0.15) is 8.78 Å². The maximum absolute atomic E-state index is 12.9. The van der Waals surface area contributed by atoms with Crippen molar-refractivity contribution in [3.05, 3.63) is 29.6 Å². The third-order valence-corrected chi connectivity index (χ3v) is 2.07. The zero-order valence-electron chi connectivity index (χ0n) is 8.05. The third kappa shape index (κ3) is 3.73. The molecule has 0 fully saturated rings. The molecule has 2 nitrogen and oxygen atoms in total. The van der Waals surface area contributed by atoms with E-state index in [1.54, 1.807) is 0 Å². The second-order valence-corrected chi connectivity index (χ2v) is 3.25.